The molecule has 2 amide bonds. The molecule has 0 aromatic carbocycles. The lowest BCUT2D eigenvalue weighted by Crippen LogP contribution is -2.31. The molecule has 0 bridgehead atoms. The van der Waals surface area contributed by atoms with Gasteiger partial charge in [0.15, 0.2) is 0 Å². The molecule has 3 N–H and O–H groups in total. The molecule has 1 rings (SSSR count). The lowest BCUT2D eigenvalue weighted by atomic mass is 10.1. The fourth-order valence-electron chi connectivity index (χ4n) is 1.49. The Labute approximate surface area is 116 Å². The average molecular weight is 308 g/mol. The molecule has 0 spiro atoms. The summed E-state index contributed by atoms with van der Waals surface area (Å²) in [6, 6.07) is 0. The SMILES string of the molecule is CCOC(=O)c1c(C)oc(NC(=O)C(F)(F)F)c1C(N)=O. The van der Waals surface area contributed by atoms with Crippen LogP contribution in [0.25, 0.3) is 0 Å². The number of aryl methyl sites for hydroxylation is 1. The minimum Gasteiger partial charge on any atom is -0.462 e. The van der Waals surface area contributed by atoms with E-state index in [0.717, 1.165) is 0 Å². The van der Waals surface area contributed by atoms with Crippen LogP contribution in [0, 0.1) is 6.92 Å². The number of anilines is 1. The summed E-state index contributed by atoms with van der Waals surface area (Å²) < 4.78 is 46.0. The summed E-state index contributed by atoms with van der Waals surface area (Å²) in [5.74, 6) is -5.67. The van der Waals surface area contributed by atoms with Gasteiger partial charge in [0.25, 0.3) is 5.91 Å². The molecule has 1 heterocycles. The van der Waals surface area contributed by atoms with Crippen molar-refractivity contribution in [1.29, 1.82) is 0 Å². The van der Waals surface area contributed by atoms with Crippen molar-refractivity contribution in [2.45, 2.75) is 20.0 Å². The number of primary amides is 1. The summed E-state index contributed by atoms with van der Waals surface area (Å²) >= 11 is 0. The highest BCUT2D eigenvalue weighted by molar-refractivity contribution is 6.10. The average Bonchev–Trinajstić information content (AvgIpc) is 2.64. The summed E-state index contributed by atoms with van der Waals surface area (Å²) in [4.78, 5) is 33.8. The van der Waals surface area contributed by atoms with Gasteiger partial charge >= 0.3 is 18.1 Å². The summed E-state index contributed by atoms with van der Waals surface area (Å²) in [6.45, 7) is 2.66. The van der Waals surface area contributed by atoms with Gasteiger partial charge in [-0.25, -0.2) is 4.79 Å². The predicted molar refractivity (Wildman–Crippen MR) is 62.6 cm³/mol. The molecule has 21 heavy (non-hydrogen) atoms. The molecule has 7 nitrogen and oxygen atoms in total. The van der Waals surface area contributed by atoms with Gasteiger partial charge < -0.3 is 14.9 Å². The zero-order chi connectivity index (χ0) is 16.4. The van der Waals surface area contributed by atoms with E-state index in [-0.39, 0.29) is 12.4 Å². The van der Waals surface area contributed by atoms with Crippen LogP contribution in [0.1, 0.15) is 33.4 Å². The zero-order valence-electron chi connectivity index (χ0n) is 11.0. The van der Waals surface area contributed by atoms with E-state index in [1.165, 1.54) is 19.2 Å². The summed E-state index contributed by atoms with van der Waals surface area (Å²) in [5.41, 5.74) is 3.90. The Kier molecular flexibility index (Phi) is 4.61. The molecule has 0 aliphatic carbocycles. The van der Waals surface area contributed by atoms with Crippen LogP contribution in [0.15, 0.2) is 4.42 Å². The van der Waals surface area contributed by atoms with Gasteiger partial charge in [-0.05, 0) is 13.8 Å². The van der Waals surface area contributed by atoms with E-state index in [9.17, 15) is 27.6 Å². The number of rotatable bonds is 4. The first-order valence-corrected chi connectivity index (χ1v) is 5.58. The molecule has 0 saturated carbocycles. The largest absolute Gasteiger partial charge is 0.471 e. The van der Waals surface area contributed by atoms with Gasteiger partial charge in [0, 0.05) is 0 Å². The van der Waals surface area contributed by atoms with Crippen LogP contribution in [-0.4, -0.2) is 30.6 Å². The Hall–Kier alpha value is -2.52. The number of amides is 2. The van der Waals surface area contributed by atoms with Gasteiger partial charge in [0.1, 0.15) is 16.9 Å². The fourth-order valence-corrected chi connectivity index (χ4v) is 1.49. The van der Waals surface area contributed by atoms with Gasteiger partial charge in [-0.3, -0.25) is 14.9 Å². The Balaban J connectivity index is 3.29. The van der Waals surface area contributed by atoms with Crippen LogP contribution in [0.5, 0.6) is 0 Å². The van der Waals surface area contributed by atoms with E-state index in [1.54, 1.807) is 0 Å². The summed E-state index contributed by atoms with van der Waals surface area (Å²) in [5, 5.41) is 1.35. The first-order chi connectivity index (χ1) is 9.59. The topological polar surface area (TPSA) is 112 Å². The number of nitrogens with one attached hydrogen (secondary N) is 1. The number of hydrogen-bond donors (Lipinski definition) is 2. The maximum absolute atomic E-state index is 12.2. The monoisotopic (exact) mass is 308 g/mol. The maximum atomic E-state index is 12.2. The van der Waals surface area contributed by atoms with Crippen molar-refractivity contribution >= 4 is 23.7 Å². The molecular weight excluding hydrogens is 297 g/mol. The highest BCUT2D eigenvalue weighted by Crippen LogP contribution is 2.29. The minimum absolute atomic E-state index is 0.0358. The van der Waals surface area contributed by atoms with Gasteiger partial charge in [-0.15, -0.1) is 0 Å². The Morgan fingerprint density at radius 1 is 1.29 bits per heavy atom. The van der Waals surface area contributed by atoms with Gasteiger partial charge in [0.2, 0.25) is 5.88 Å². The molecule has 0 radical (unpaired) electrons. The lowest BCUT2D eigenvalue weighted by Gasteiger charge is -2.06. The highest BCUT2D eigenvalue weighted by Gasteiger charge is 2.41. The fraction of sp³-hybridized carbons (Fsp3) is 0.364. The molecular formula is C11H11F3N2O5. The third-order valence-electron chi connectivity index (χ3n) is 2.29. The molecule has 0 aliphatic rings. The van der Waals surface area contributed by atoms with Crippen LogP contribution in [0.2, 0.25) is 0 Å². The molecule has 10 heteroatoms. The number of carbonyl (C=O) groups excluding carboxylic acids is 3. The van der Waals surface area contributed by atoms with Crippen molar-refractivity contribution in [2.24, 2.45) is 5.73 Å². The molecule has 1 aromatic heterocycles. The number of carbonyl (C=O) groups is 3. The molecule has 0 fully saturated rings. The van der Waals surface area contributed by atoms with Gasteiger partial charge in [-0.2, -0.15) is 13.2 Å². The van der Waals surface area contributed by atoms with Crippen molar-refractivity contribution in [1.82, 2.24) is 0 Å². The first kappa shape index (κ1) is 16.5. The van der Waals surface area contributed by atoms with Crippen LogP contribution in [0.4, 0.5) is 19.1 Å². The second-order valence-electron chi connectivity index (χ2n) is 3.77. The van der Waals surface area contributed by atoms with Crippen LogP contribution >= 0.6 is 0 Å². The number of esters is 1. The van der Waals surface area contributed by atoms with Crippen molar-refractivity contribution in [3.63, 3.8) is 0 Å². The van der Waals surface area contributed by atoms with Crippen molar-refractivity contribution in [3.05, 3.63) is 16.9 Å². The minimum atomic E-state index is -5.19. The number of ether oxygens (including phenoxy) is 1. The molecule has 0 atom stereocenters. The second kappa shape index (κ2) is 5.85. The Bertz CT molecular complexity index is 591. The van der Waals surface area contributed by atoms with E-state index >= 15 is 0 Å². The second-order valence-corrected chi connectivity index (χ2v) is 3.77. The number of hydrogen-bond acceptors (Lipinski definition) is 5. The summed E-state index contributed by atoms with van der Waals surface area (Å²) in [6.07, 6.45) is -5.19. The van der Waals surface area contributed by atoms with Crippen molar-refractivity contribution in [2.75, 3.05) is 11.9 Å². The lowest BCUT2D eigenvalue weighted by molar-refractivity contribution is -0.167. The number of nitrogens with two attached hydrogens (primary N) is 1. The number of halogens is 3. The van der Waals surface area contributed by atoms with Gasteiger partial charge in [0.05, 0.1) is 6.61 Å². The predicted octanol–water partition coefficient (Wildman–Crippen LogP) is 1.36. The van der Waals surface area contributed by atoms with E-state index in [4.69, 9.17) is 10.2 Å². The third kappa shape index (κ3) is 3.52. The smallest absolute Gasteiger partial charge is 0.462 e. The van der Waals surface area contributed by atoms with E-state index < -0.39 is 41.0 Å². The Morgan fingerprint density at radius 2 is 1.86 bits per heavy atom. The standard InChI is InChI=1S/C11H11F3N2O5/c1-3-20-9(18)5-4(2)21-8(6(5)7(15)17)16-10(19)11(12,13)14/h3H2,1-2H3,(H2,15,17)(H,16,19). The van der Waals surface area contributed by atoms with Gasteiger partial charge in [-0.1, -0.05) is 0 Å². The molecule has 0 saturated heterocycles. The highest BCUT2D eigenvalue weighted by atomic mass is 19.4. The van der Waals surface area contributed by atoms with Crippen LogP contribution in [-0.2, 0) is 9.53 Å². The molecule has 1 aromatic rings. The Morgan fingerprint density at radius 3 is 2.29 bits per heavy atom. The molecule has 0 aliphatic heterocycles. The van der Waals surface area contributed by atoms with Crippen LogP contribution < -0.4 is 11.1 Å². The van der Waals surface area contributed by atoms with Crippen molar-refractivity contribution < 1.29 is 36.7 Å². The number of alkyl halides is 3. The number of furan rings is 1. The van der Waals surface area contributed by atoms with Crippen LogP contribution in [0.3, 0.4) is 0 Å². The first-order valence-electron chi connectivity index (χ1n) is 5.58. The zero-order valence-corrected chi connectivity index (χ0v) is 11.0. The van der Waals surface area contributed by atoms with E-state index in [1.807, 2.05) is 0 Å². The normalized spacial score (nSPS) is 11.1. The quantitative estimate of drug-likeness (QED) is 0.816. The molecule has 0 unspecified atom stereocenters. The third-order valence-corrected chi connectivity index (χ3v) is 2.29. The van der Waals surface area contributed by atoms with E-state index in [2.05, 4.69) is 4.74 Å². The summed E-state index contributed by atoms with van der Waals surface area (Å²) in [7, 11) is 0. The van der Waals surface area contributed by atoms with Crippen molar-refractivity contribution in [3.8, 4) is 0 Å². The molecule has 116 valence electrons. The van der Waals surface area contributed by atoms with E-state index in [0.29, 0.717) is 0 Å². The maximum Gasteiger partial charge on any atom is 0.471 e.